The third-order valence-corrected chi connectivity index (χ3v) is 3.20. The van der Waals surface area contributed by atoms with Crippen LogP contribution in [0.25, 0.3) is 17.4 Å². The molecule has 7 heteroatoms. The van der Waals surface area contributed by atoms with Gasteiger partial charge < -0.3 is 9.73 Å². The molecule has 0 aliphatic carbocycles. The number of nitro groups is 1. The minimum Gasteiger partial charge on any atom is -0.457 e. The predicted molar refractivity (Wildman–Crippen MR) is 83.2 cm³/mol. The van der Waals surface area contributed by atoms with Crippen molar-refractivity contribution in [1.29, 1.82) is 5.26 Å². The molecule has 0 aliphatic rings. The maximum absolute atomic E-state index is 11.5. The molecule has 116 valence electrons. The normalized spacial score (nSPS) is 10.9. The highest BCUT2D eigenvalue weighted by atomic mass is 16.6. The molecule has 0 spiro atoms. The van der Waals surface area contributed by atoms with Crippen molar-refractivity contribution in [3.8, 4) is 17.4 Å². The van der Waals surface area contributed by atoms with Gasteiger partial charge in [-0.1, -0.05) is 12.1 Å². The van der Waals surface area contributed by atoms with Crippen LogP contribution in [0.5, 0.6) is 0 Å². The van der Waals surface area contributed by atoms with Gasteiger partial charge in [0.2, 0.25) is 0 Å². The molecule has 2 aromatic rings. The van der Waals surface area contributed by atoms with Gasteiger partial charge in [-0.25, -0.2) is 0 Å². The second-order valence-electron chi connectivity index (χ2n) is 4.71. The third-order valence-electron chi connectivity index (χ3n) is 3.20. The highest BCUT2D eigenvalue weighted by molar-refractivity contribution is 6.01. The summed E-state index contributed by atoms with van der Waals surface area (Å²) in [5, 5.41) is 22.3. The number of hydrogen-bond acceptors (Lipinski definition) is 5. The summed E-state index contributed by atoms with van der Waals surface area (Å²) in [5.41, 5.74) is 1.000. The molecule has 0 fully saturated rings. The van der Waals surface area contributed by atoms with Gasteiger partial charge in [0.05, 0.1) is 4.92 Å². The van der Waals surface area contributed by atoms with E-state index in [1.165, 1.54) is 19.2 Å². The molecule has 1 heterocycles. The van der Waals surface area contributed by atoms with Crippen molar-refractivity contribution in [1.82, 2.24) is 5.32 Å². The van der Waals surface area contributed by atoms with Gasteiger partial charge >= 0.3 is 0 Å². The molecule has 0 atom stereocenters. The second kappa shape index (κ2) is 6.58. The number of aryl methyl sites for hydroxylation is 1. The molecule has 0 saturated heterocycles. The van der Waals surface area contributed by atoms with E-state index in [1.54, 1.807) is 37.3 Å². The summed E-state index contributed by atoms with van der Waals surface area (Å²) in [7, 11) is 1.42. The number of nitriles is 1. The number of nitrogens with one attached hydrogen (secondary N) is 1. The molecule has 0 radical (unpaired) electrons. The van der Waals surface area contributed by atoms with Gasteiger partial charge in [-0.15, -0.1) is 0 Å². The summed E-state index contributed by atoms with van der Waals surface area (Å²) in [6.45, 7) is 1.65. The maximum atomic E-state index is 11.5. The summed E-state index contributed by atoms with van der Waals surface area (Å²) in [4.78, 5) is 22.0. The Bertz CT molecular complexity index is 843. The van der Waals surface area contributed by atoms with Gasteiger partial charge in [0.15, 0.2) is 0 Å². The number of hydrogen-bond donors (Lipinski definition) is 1. The zero-order chi connectivity index (χ0) is 17.0. The van der Waals surface area contributed by atoms with Gasteiger partial charge in [0.25, 0.3) is 11.6 Å². The standard InChI is InChI=1S/C16H13N3O4/c1-10-3-4-11(8-14(10)19(21)22)15-6-5-13(23-15)7-12(9-17)16(20)18-2/h3-8H,1-2H3,(H,18,20)/b12-7+. The van der Waals surface area contributed by atoms with Crippen LogP contribution in [0.15, 0.2) is 40.3 Å². The van der Waals surface area contributed by atoms with Crippen molar-refractivity contribution in [2.75, 3.05) is 7.05 Å². The molecule has 1 aromatic heterocycles. The quantitative estimate of drug-likeness (QED) is 0.404. The zero-order valence-corrected chi connectivity index (χ0v) is 12.5. The molecule has 0 saturated carbocycles. The van der Waals surface area contributed by atoms with Crippen LogP contribution in [0.2, 0.25) is 0 Å². The van der Waals surface area contributed by atoms with Crippen molar-refractivity contribution >= 4 is 17.7 Å². The lowest BCUT2D eigenvalue weighted by Crippen LogP contribution is -2.18. The van der Waals surface area contributed by atoms with E-state index < -0.39 is 10.8 Å². The first-order valence-electron chi connectivity index (χ1n) is 6.65. The smallest absolute Gasteiger partial charge is 0.273 e. The highest BCUT2D eigenvalue weighted by Crippen LogP contribution is 2.28. The Morgan fingerprint density at radius 2 is 2.13 bits per heavy atom. The van der Waals surface area contributed by atoms with Crippen molar-refractivity contribution in [3.63, 3.8) is 0 Å². The fourth-order valence-corrected chi connectivity index (χ4v) is 1.97. The van der Waals surface area contributed by atoms with Gasteiger partial charge in [-0.3, -0.25) is 14.9 Å². The maximum Gasteiger partial charge on any atom is 0.273 e. The van der Waals surface area contributed by atoms with Crippen LogP contribution in [-0.4, -0.2) is 17.9 Å². The minimum absolute atomic E-state index is 0.000864. The van der Waals surface area contributed by atoms with Gasteiger partial charge in [0, 0.05) is 30.3 Å². The van der Waals surface area contributed by atoms with E-state index >= 15 is 0 Å². The second-order valence-corrected chi connectivity index (χ2v) is 4.71. The van der Waals surface area contributed by atoms with Crippen LogP contribution in [0, 0.1) is 28.4 Å². The van der Waals surface area contributed by atoms with Crippen molar-refractivity contribution in [2.24, 2.45) is 0 Å². The molecule has 1 amide bonds. The van der Waals surface area contributed by atoms with Crippen LogP contribution in [0.1, 0.15) is 11.3 Å². The molecule has 7 nitrogen and oxygen atoms in total. The Morgan fingerprint density at radius 1 is 1.39 bits per heavy atom. The largest absolute Gasteiger partial charge is 0.457 e. The number of furan rings is 1. The fraction of sp³-hybridized carbons (Fsp3) is 0.125. The van der Waals surface area contributed by atoms with E-state index in [4.69, 9.17) is 9.68 Å². The molecule has 0 aliphatic heterocycles. The first-order chi connectivity index (χ1) is 11.0. The lowest BCUT2D eigenvalue weighted by atomic mass is 10.1. The van der Waals surface area contributed by atoms with E-state index in [1.807, 2.05) is 0 Å². The number of nitro benzene ring substituents is 1. The van der Waals surface area contributed by atoms with E-state index in [2.05, 4.69) is 5.32 Å². The number of carbonyl (C=O) groups is 1. The predicted octanol–water partition coefficient (Wildman–Crippen LogP) is 2.82. The first kappa shape index (κ1) is 16.0. The van der Waals surface area contributed by atoms with Crippen LogP contribution in [-0.2, 0) is 4.79 Å². The molecule has 0 unspecified atom stereocenters. The van der Waals surface area contributed by atoms with Crippen molar-refractivity contribution in [2.45, 2.75) is 6.92 Å². The Hall–Kier alpha value is -3.40. The summed E-state index contributed by atoms with van der Waals surface area (Å²) in [6, 6.07) is 9.76. The van der Waals surface area contributed by atoms with Crippen LogP contribution in [0.4, 0.5) is 5.69 Å². The topological polar surface area (TPSA) is 109 Å². The lowest BCUT2D eigenvalue weighted by Gasteiger charge is -2.00. The fourth-order valence-electron chi connectivity index (χ4n) is 1.97. The van der Waals surface area contributed by atoms with Crippen LogP contribution in [0.3, 0.4) is 0 Å². The average Bonchev–Trinajstić information content (AvgIpc) is 3.00. The van der Waals surface area contributed by atoms with Gasteiger partial charge in [-0.05, 0) is 19.1 Å². The van der Waals surface area contributed by atoms with Gasteiger partial charge in [-0.2, -0.15) is 5.26 Å². The van der Waals surface area contributed by atoms with Crippen LogP contribution < -0.4 is 5.32 Å². The third kappa shape index (κ3) is 3.44. The van der Waals surface area contributed by atoms with Crippen molar-refractivity contribution in [3.05, 3.63) is 57.3 Å². The SMILES string of the molecule is CNC(=O)/C(C#N)=C/c1ccc(-c2ccc(C)c([N+](=O)[O-])c2)o1. The zero-order valence-electron chi connectivity index (χ0n) is 12.5. The number of rotatable bonds is 4. The number of benzene rings is 1. The Morgan fingerprint density at radius 3 is 2.74 bits per heavy atom. The molecule has 0 bridgehead atoms. The monoisotopic (exact) mass is 311 g/mol. The van der Waals surface area contributed by atoms with Crippen LogP contribution >= 0.6 is 0 Å². The summed E-state index contributed by atoms with van der Waals surface area (Å²) in [5.74, 6) is 0.202. The number of carbonyl (C=O) groups excluding carboxylic acids is 1. The van der Waals surface area contributed by atoms with Gasteiger partial charge in [0.1, 0.15) is 23.2 Å². The van der Waals surface area contributed by atoms with E-state index in [-0.39, 0.29) is 11.3 Å². The Kier molecular flexibility index (Phi) is 4.57. The van der Waals surface area contributed by atoms with Crippen molar-refractivity contribution < 1.29 is 14.1 Å². The molecular weight excluding hydrogens is 298 g/mol. The molecule has 1 N–H and O–H groups in total. The molecular formula is C16H13N3O4. The van der Waals surface area contributed by atoms with E-state index in [0.717, 1.165) is 0 Å². The number of nitrogens with zero attached hydrogens (tertiary/aromatic N) is 2. The number of likely N-dealkylation sites (N-methyl/N-ethyl adjacent to an activating group) is 1. The molecule has 2 rings (SSSR count). The highest BCUT2D eigenvalue weighted by Gasteiger charge is 2.14. The van der Waals surface area contributed by atoms with E-state index in [9.17, 15) is 14.9 Å². The lowest BCUT2D eigenvalue weighted by molar-refractivity contribution is -0.385. The minimum atomic E-state index is -0.517. The Balaban J connectivity index is 2.39. The summed E-state index contributed by atoms with van der Waals surface area (Å²) < 4.78 is 5.54. The summed E-state index contributed by atoms with van der Waals surface area (Å²) >= 11 is 0. The molecule has 23 heavy (non-hydrogen) atoms. The average molecular weight is 311 g/mol. The molecule has 1 aromatic carbocycles. The Labute approximate surface area is 132 Å². The first-order valence-corrected chi connectivity index (χ1v) is 6.65. The summed E-state index contributed by atoms with van der Waals surface area (Å²) in [6.07, 6.45) is 1.31. The number of amides is 1. The van der Waals surface area contributed by atoms with E-state index in [0.29, 0.717) is 22.6 Å².